The first-order valence-corrected chi connectivity index (χ1v) is 11.8. The number of halogens is 5. The zero-order valence-electron chi connectivity index (χ0n) is 19.7. The molecule has 196 valence electrons. The largest absolute Gasteiger partial charge is 0.378 e. The molecule has 2 aliphatic rings. The first-order chi connectivity index (χ1) is 17.7. The molecule has 37 heavy (non-hydrogen) atoms. The molecule has 2 saturated heterocycles. The average Bonchev–Trinajstić information content (AvgIpc) is 3.28. The van der Waals surface area contributed by atoms with Crippen molar-refractivity contribution in [2.24, 2.45) is 0 Å². The van der Waals surface area contributed by atoms with E-state index in [1.807, 2.05) is 0 Å². The summed E-state index contributed by atoms with van der Waals surface area (Å²) in [4.78, 5) is 14.5. The number of pyridine rings is 1. The van der Waals surface area contributed by atoms with E-state index < -0.39 is 30.8 Å². The van der Waals surface area contributed by atoms with Crippen molar-refractivity contribution in [1.82, 2.24) is 34.0 Å². The van der Waals surface area contributed by atoms with Gasteiger partial charge in [-0.15, -0.1) is 5.10 Å². The van der Waals surface area contributed by atoms with Crippen molar-refractivity contribution in [3.63, 3.8) is 0 Å². The van der Waals surface area contributed by atoms with E-state index in [-0.39, 0.29) is 47.4 Å². The SMILES string of the molecule is Cc1nc2ccc(-c3c(F)cn4nc(N[C@@H]5CCN(C6COC6)CC5(F)F)ncc34)nc2n1CC(F)F. The van der Waals surface area contributed by atoms with E-state index >= 15 is 4.39 Å². The molecular weight excluding hydrogens is 499 g/mol. The number of fused-ring (bicyclic) bond motifs is 2. The van der Waals surface area contributed by atoms with E-state index in [2.05, 4.69) is 25.4 Å². The highest BCUT2D eigenvalue weighted by molar-refractivity contribution is 5.83. The number of aryl methyl sites for hydroxylation is 1. The van der Waals surface area contributed by atoms with Crippen molar-refractivity contribution in [1.29, 1.82) is 0 Å². The number of hydrogen-bond acceptors (Lipinski definition) is 7. The molecule has 4 aromatic heterocycles. The number of likely N-dealkylation sites (tertiary alicyclic amines) is 1. The monoisotopic (exact) mass is 522 g/mol. The van der Waals surface area contributed by atoms with Gasteiger partial charge in [0.25, 0.3) is 12.3 Å². The fourth-order valence-corrected chi connectivity index (χ4v) is 4.91. The summed E-state index contributed by atoms with van der Waals surface area (Å²) in [5.74, 6) is -3.38. The highest BCUT2D eigenvalue weighted by Crippen LogP contribution is 2.33. The van der Waals surface area contributed by atoms with Gasteiger partial charge in [-0.1, -0.05) is 0 Å². The molecule has 6 rings (SSSR count). The molecule has 0 saturated carbocycles. The minimum atomic E-state index is -3.02. The number of nitrogens with one attached hydrogen (secondary N) is 1. The third-order valence-corrected chi connectivity index (χ3v) is 6.92. The fraction of sp³-hybridized carbons (Fsp3) is 0.478. The van der Waals surface area contributed by atoms with Gasteiger partial charge in [-0.3, -0.25) is 4.90 Å². The van der Waals surface area contributed by atoms with Crippen LogP contribution in [0.3, 0.4) is 0 Å². The summed E-state index contributed by atoms with van der Waals surface area (Å²) in [6, 6.07) is 1.96. The number of nitrogens with zero attached hydrogens (tertiary/aromatic N) is 7. The lowest BCUT2D eigenvalue weighted by molar-refractivity contribution is -0.131. The van der Waals surface area contributed by atoms with Crippen molar-refractivity contribution >= 4 is 22.6 Å². The number of rotatable bonds is 6. The van der Waals surface area contributed by atoms with Crippen molar-refractivity contribution in [3.05, 3.63) is 36.2 Å². The Bertz CT molecular complexity index is 1470. The number of aromatic nitrogens is 6. The van der Waals surface area contributed by atoms with Gasteiger partial charge in [-0.2, -0.15) is 0 Å². The Morgan fingerprint density at radius 1 is 1.22 bits per heavy atom. The summed E-state index contributed by atoms with van der Waals surface area (Å²) in [6.07, 6.45) is -0.00559. The molecule has 0 aromatic carbocycles. The predicted octanol–water partition coefficient (Wildman–Crippen LogP) is 3.37. The quantitative estimate of drug-likeness (QED) is 0.389. The molecule has 1 N–H and O–H groups in total. The summed E-state index contributed by atoms with van der Waals surface area (Å²) >= 11 is 0. The second-order valence-electron chi connectivity index (χ2n) is 9.37. The third kappa shape index (κ3) is 4.27. The van der Waals surface area contributed by atoms with Crippen LogP contribution >= 0.6 is 0 Å². The molecule has 0 aliphatic carbocycles. The smallest absolute Gasteiger partial charge is 0.280 e. The summed E-state index contributed by atoms with van der Waals surface area (Å²) in [6.45, 7) is 2.03. The van der Waals surface area contributed by atoms with Gasteiger partial charge in [0.1, 0.15) is 11.3 Å². The normalized spacial score (nSPS) is 20.7. The number of piperidine rings is 1. The second-order valence-corrected chi connectivity index (χ2v) is 9.37. The van der Waals surface area contributed by atoms with Gasteiger partial charge in [-0.25, -0.2) is 41.4 Å². The molecule has 2 aliphatic heterocycles. The standard InChI is InChI=1S/C23H23F5N8O/c1-12-30-16-3-2-15(31-21(16)35(12)8-19(25)26)20-14(24)7-36-17(20)6-29-22(33-36)32-18-4-5-34(11-23(18,27)28)13-9-37-10-13/h2-3,6-7,13,18-19H,4-5,8-11H2,1H3,(H,32,33)/t18-/m1/s1. The van der Waals surface area contributed by atoms with Crippen LogP contribution in [0.5, 0.6) is 0 Å². The number of imidazole rings is 1. The maximum absolute atomic E-state index is 15.1. The zero-order chi connectivity index (χ0) is 25.9. The summed E-state index contributed by atoms with van der Waals surface area (Å²) in [5.41, 5.74) is 1.11. The van der Waals surface area contributed by atoms with Crippen molar-refractivity contribution in [2.75, 3.05) is 31.6 Å². The summed E-state index contributed by atoms with van der Waals surface area (Å²) in [7, 11) is 0. The van der Waals surface area contributed by atoms with Crippen LogP contribution in [-0.4, -0.2) is 84.8 Å². The highest BCUT2D eigenvalue weighted by Gasteiger charge is 2.47. The van der Waals surface area contributed by atoms with E-state index in [9.17, 15) is 17.6 Å². The van der Waals surface area contributed by atoms with E-state index in [0.717, 1.165) is 6.20 Å². The topological polar surface area (TPSA) is 85.4 Å². The Kier molecular flexibility index (Phi) is 5.75. The molecule has 14 heteroatoms. The fourth-order valence-electron chi connectivity index (χ4n) is 4.91. The van der Waals surface area contributed by atoms with E-state index in [0.29, 0.717) is 31.1 Å². The van der Waals surface area contributed by atoms with Gasteiger partial charge in [0.05, 0.1) is 67.6 Å². The summed E-state index contributed by atoms with van der Waals surface area (Å²) in [5, 5.41) is 6.90. The molecule has 6 heterocycles. The minimum absolute atomic E-state index is 0.0199. The molecule has 2 fully saturated rings. The van der Waals surface area contributed by atoms with Gasteiger partial charge in [0.2, 0.25) is 5.95 Å². The Labute approximate surface area is 207 Å². The van der Waals surface area contributed by atoms with Crippen LogP contribution in [0.4, 0.5) is 27.9 Å². The summed E-state index contributed by atoms with van der Waals surface area (Å²) < 4.78 is 78.4. The Hall–Kier alpha value is -3.39. The third-order valence-electron chi connectivity index (χ3n) is 6.92. The first kappa shape index (κ1) is 24.0. The number of alkyl halides is 4. The molecule has 0 amide bonds. The minimum Gasteiger partial charge on any atom is -0.378 e. The predicted molar refractivity (Wildman–Crippen MR) is 123 cm³/mol. The van der Waals surface area contributed by atoms with Gasteiger partial charge >= 0.3 is 0 Å². The lowest BCUT2D eigenvalue weighted by Gasteiger charge is -2.44. The average molecular weight is 522 g/mol. The van der Waals surface area contributed by atoms with Gasteiger partial charge in [-0.05, 0) is 25.5 Å². The maximum atomic E-state index is 15.1. The molecule has 0 spiro atoms. The number of hydrogen-bond donors (Lipinski definition) is 1. The molecular formula is C23H23F5N8O. The zero-order valence-corrected chi connectivity index (χ0v) is 19.7. The van der Waals surface area contributed by atoms with E-state index in [4.69, 9.17) is 4.74 Å². The van der Waals surface area contributed by atoms with Crippen LogP contribution in [0.2, 0.25) is 0 Å². The van der Waals surface area contributed by atoms with Gasteiger partial charge < -0.3 is 14.6 Å². The Balaban J connectivity index is 1.28. The molecule has 1 atom stereocenters. The first-order valence-electron chi connectivity index (χ1n) is 11.8. The van der Waals surface area contributed by atoms with Crippen LogP contribution in [0.1, 0.15) is 12.2 Å². The molecule has 0 radical (unpaired) electrons. The Morgan fingerprint density at radius 2 is 2.03 bits per heavy atom. The lowest BCUT2D eigenvalue weighted by atomic mass is 9.98. The Morgan fingerprint density at radius 3 is 2.73 bits per heavy atom. The molecule has 0 bridgehead atoms. The number of ether oxygens (including phenoxy) is 1. The van der Waals surface area contributed by atoms with Crippen molar-refractivity contribution in [3.8, 4) is 11.3 Å². The van der Waals surface area contributed by atoms with Crippen molar-refractivity contribution < 1.29 is 26.7 Å². The van der Waals surface area contributed by atoms with Crippen LogP contribution in [0, 0.1) is 12.7 Å². The maximum Gasteiger partial charge on any atom is 0.280 e. The van der Waals surface area contributed by atoms with Crippen LogP contribution in [0.15, 0.2) is 24.5 Å². The lowest BCUT2D eigenvalue weighted by Crippen LogP contribution is -2.61. The van der Waals surface area contributed by atoms with E-state index in [1.165, 1.54) is 21.3 Å². The molecule has 0 unspecified atom stereocenters. The van der Waals surface area contributed by atoms with Crippen molar-refractivity contribution in [2.45, 2.75) is 44.3 Å². The van der Waals surface area contributed by atoms with E-state index in [1.54, 1.807) is 17.9 Å². The van der Waals surface area contributed by atoms with Crippen LogP contribution in [0.25, 0.3) is 27.9 Å². The number of anilines is 1. The second kappa shape index (κ2) is 8.87. The van der Waals surface area contributed by atoms with Gasteiger partial charge in [0.15, 0.2) is 11.5 Å². The molecule has 4 aromatic rings. The van der Waals surface area contributed by atoms with Crippen LogP contribution < -0.4 is 5.32 Å². The molecule has 9 nitrogen and oxygen atoms in total. The van der Waals surface area contributed by atoms with Gasteiger partial charge in [0, 0.05) is 6.54 Å². The van der Waals surface area contributed by atoms with Crippen LogP contribution in [-0.2, 0) is 11.3 Å². The highest BCUT2D eigenvalue weighted by atomic mass is 19.3.